The normalized spacial score (nSPS) is 9.64. The predicted octanol–water partition coefficient (Wildman–Crippen LogP) is 1.58. The van der Waals surface area contributed by atoms with Crippen molar-refractivity contribution in [1.29, 1.82) is 0 Å². The van der Waals surface area contributed by atoms with E-state index < -0.39 is 0 Å². The molecule has 0 aromatic heterocycles. The molecule has 0 fully saturated rings. The third-order valence-corrected chi connectivity index (χ3v) is 1.57. The number of hydrogen-bond acceptors (Lipinski definition) is 2. The van der Waals surface area contributed by atoms with Crippen molar-refractivity contribution in [2.45, 2.75) is 13.5 Å². The SMILES string of the molecule is CCNc1ccc(CN)cc1. The van der Waals surface area contributed by atoms with Crippen molar-refractivity contribution in [3.63, 3.8) is 0 Å². The Hall–Kier alpha value is -1.02. The van der Waals surface area contributed by atoms with Gasteiger partial charge in [-0.2, -0.15) is 0 Å². The van der Waals surface area contributed by atoms with Crippen LogP contribution in [-0.4, -0.2) is 6.54 Å². The Labute approximate surface area is 67.4 Å². The molecule has 0 amide bonds. The van der Waals surface area contributed by atoms with Crippen LogP contribution in [0.5, 0.6) is 0 Å². The molecule has 0 unspecified atom stereocenters. The van der Waals surface area contributed by atoms with E-state index in [-0.39, 0.29) is 0 Å². The molecule has 2 nitrogen and oxygen atoms in total. The van der Waals surface area contributed by atoms with Crippen LogP contribution < -0.4 is 11.1 Å². The van der Waals surface area contributed by atoms with Gasteiger partial charge < -0.3 is 11.1 Å². The van der Waals surface area contributed by atoms with Crippen LogP contribution in [0.25, 0.3) is 0 Å². The maximum atomic E-state index is 5.45. The number of hydrogen-bond donors (Lipinski definition) is 2. The molecule has 0 bridgehead atoms. The van der Waals surface area contributed by atoms with Crippen LogP contribution in [0.4, 0.5) is 5.69 Å². The van der Waals surface area contributed by atoms with Gasteiger partial charge in [-0.15, -0.1) is 0 Å². The molecule has 11 heavy (non-hydrogen) atoms. The van der Waals surface area contributed by atoms with Gasteiger partial charge in [0.05, 0.1) is 0 Å². The lowest BCUT2D eigenvalue weighted by Gasteiger charge is -2.02. The predicted molar refractivity (Wildman–Crippen MR) is 48.5 cm³/mol. The Balaban J connectivity index is 2.66. The van der Waals surface area contributed by atoms with Crippen LogP contribution in [0, 0.1) is 0 Å². The Kier molecular flexibility index (Phi) is 2.93. The monoisotopic (exact) mass is 150 g/mol. The maximum absolute atomic E-state index is 5.45. The standard InChI is InChI=1S/C9H14N2/c1-2-11-9-5-3-8(7-10)4-6-9/h3-6,11H,2,7,10H2,1H3. The van der Waals surface area contributed by atoms with Crippen molar-refractivity contribution >= 4 is 5.69 Å². The van der Waals surface area contributed by atoms with Gasteiger partial charge in [0.1, 0.15) is 0 Å². The zero-order chi connectivity index (χ0) is 8.10. The minimum Gasteiger partial charge on any atom is -0.385 e. The largest absolute Gasteiger partial charge is 0.385 e. The molecule has 0 heterocycles. The summed E-state index contributed by atoms with van der Waals surface area (Å²) in [5, 5.41) is 3.22. The fourth-order valence-corrected chi connectivity index (χ4v) is 0.963. The summed E-state index contributed by atoms with van der Waals surface area (Å²) in [6, 6.07) is 8.17. The van der Waals surface area contributed by atoms with Crippen LogP contribution in [0.2, 0.25) is 0 Å². The van der Waals surface area contributed by atoms with E-state index in [1.807, 2.05) is 24.3 Å². The molecule has 1 rings (SSSR count). The van der Waals surface area contributed by atoms with Crippen LogP contribution in [0.15, 0.2) is 24.3 Å². The second kappa shape index (κ2) is 3.98. The first-order valence-electron chi connectivity index (χ1n) is 3.89. The summed E-state index contributed by atoms with van der Waals surface area (Å²) in [5.41, 5.74) is 7.78. The first kappa shape index (κ1) is 8.08. The fourth-order valence-electron chi connectivity index (χ4n) is 0.963. The zero-order valence-electron chi connectivity index (χ0n) is 6.80. The van der Waals surface area contributed by atoms with Crippen molar-refractivity contribution in [3.05, 3.63) is 29.8 Å². The van der Waals surface area contributed by atoms with E-state index in [1.54, 1.807) is 0 Å². The summed E-state index contributed by atoms with van der Waals surface area (Å²) in [4.78, 5) is 0. The highest BCUT2D eigenvalue weighted by Gasteiger charge is 1.89. The third kappa shape index (κ3) is 2.24. The van der Waals surface area contributed by atoms with Gasteiger partial charge in [0, 0.05) is 18.8 Å². The van der Waals surface area contributed by atoms with Crippen molar-refractivity contribution in [2.24, 2.45) is 5.73 Å². The highest BCUT2D eigenvalue weighted by atomic mass is 14.8. The molecule has 1 aromatic carbocycles. The third-order valence-electron chi connectivity index (χ3n) is 1.57. The molecule has 0 saturated carbocycles. The first-order chi connectivity index (χ1) is 5.36. The van der Waals surface area contributed by atoms with Crippen LogP contribution in [0.3, 0.4) is 0 Å². The lowest BCUT2D eigenvalue weighted by atomic mass is 10.2. The molecule has 60 valence electrons. The van der Waals surface area contributed by atoms with Crippen LogP contribution >= 0.6 is 0 Å². The van der Waals surface area contributed by atoms with E-state index in [0.29, 0.717) is 6.54 Å². The van der Waals surface area contributed by atoms with Crippen LogP contribution in [0.1, 0.15) is 12.5 Å². The molecule has 0 saturated heterocycles. The first-order valence-corrected chi connectivity index (χ1v) is 3.89. The lowest BCUT2D eigenvalue weighted by Crippen LogP contribution is -1.98. The lowest BCUT2D eigenvalue weighted by molar-refractivity contribution is 1.07. The molecular weight excluding hydrogens is 136 g/mol. The minimum atomic E-state index is 0.617. The number of nitrogens with one attached hydrogen (secondary N) is 1. The minimum absolute atomic E-state index is 0.617. The Morgan fingerprint density at radius 1 is 1.27 bits per heavy atom. The van der Waals surface area contributed by atoms with E-state index in [1.165, 1.54) is 5.56 Å². The zero-order valence-corrected chi connectivity index (χ0v) is 6.80. The molecule has 0 aliphatic carbocycles. The quantitative estimate of drug-likeness (QED) is 0.686. The Morgan fingerprint density at radius 2 is 1.91 bits per heavy atom. The molecule has 0 aliphatic heterocycles. The van der Waals surface area contributed by atoms with Crippen molar-refractivity contribution in [2.75, 3.05) is 11.9 Å². The Morgan fingerprint density at radius 3 is 2.36 bits per heavy atom. The average Bonchev–Trinajstić information content (AvgIpc) is 2.07. The molecule has 3 N–H and O–H groups in total. The van der Waals surface area contributed by atoms with E-state index in [4.69, 9.17) is 5.73 Å². The summed E-state index contributed by atoms with van der Waals surface area (Å²) in [6.45, 7) is 3.66. The fraction of sp³-hybridized carbons (Fsp3) is 0.333. The van der Waals surface area contributed by atoms with Gasteiger partial charge in [-0.1, -0.05) is 12.1 Å². The van der Waals surface area contributed by atoms with E-state index in [9.17, 15) is 0 Å². The van der Waals surface area contributed by atoms with E-state index in [2.05, 4.69) is 12.2 Å². The van der Waals surface area contributed by atoms with E-state index >= 15 is 0 Å². The molecule has 0 aliphatic rings. The topological polar surface area (TPSA) is 38.0 Å². The second-order valence-electron chi connectivity index (χ2n) is 2.43. The molecule has 1 aromatic rings. The summed E-state index contributed by atoms with van der Waals surface area (Å²) in [7, 11) is 0. The van der Waals surface area contributed by atoms with Crippen molar-refractivity contribution in [3.8, 4) is 0 Å². The van der Waals surface area contributed by atoms with Crippen LogP contribution in [-0.2, 0) is 6.54 Å². The van der Waals surface area contributed by atoms with Gasteiger partial charge >= 0.3 is 0 Å². The highest BCUT2D eigenvalue weighted by molar-refractivity contribution is 5.44. The van der Waals surface area contributed by atoms with Crippen molar-refractivity contribution < 1.29 is 0 Å². The molecule has 2 heteroatoms. The van der Waals surface area contributed by atoms with Crippen molar-refractivity contribution in [1.82, 2.24) is 0 Å². The van der Waals surface area contributed by atoms with Gasteiger partial charge in [-0.05, 0) is 24.6 Å². The van der Waals surface area contributed by atoms with Gasteiger partial charge in [0.2, 0.25) is 0 Å². The highest BCUT2D eigenvalue weighted by Crippen LogP contribution is 2.07. The van der Waals surface area contributed by atoms with Gasteiger partial charge in [0.15, 0.2) is 0 Å². The number of anilines is 1. The Bertz CT molecular complexity index is 203. The van der Waals surface area contributed by atoms with Gasteiger partial charge in [-0.3, -0.25) is 0 Å². The smallest absolute Gasteiger partial charge is 0.0340 e. The van der Waals surface area contributed by atoms with Gasteiger partial charge in [-0.25, -0.2) is 0 Å². The van der Waals surface area contributed by atoms with E-state index in [0.717, 1.165) is 12.2 Å². The average molecular weight is 150 g/mol. The number of rotatable bonds is 3. The van der Waals surface area contributed by atoms with Gasteiger partial charge in [0.25, 0.3) is 0 Å². The molecule has 0 atom stereocenters. The summed E-state index contributed by atoms with van der Waals surface area (Å²) in [5.74, 6) is 0. The number of benzene rings is 1. The summed E-state index contributed by atoms with van der Waals surface area (Å²) < 4.78 is 0. The number of nitrogens with two attached hydrogens (primary N) is 1. The summed E-state index contributed by atoms with van der Waals surface area (Å²) >= 11 is 0. The maximum Gasteiger partial charge on any atom is 0.0340 e. The second-order valence-corrected chi connectivity index (χ2v) is 2.43. The molecule has 0 radical (unpaired) electrons. The molecular formula is C9H14N2. The summed E-state index contributed by atoms with van der Waals surface area (Å²) in [6.07, 6.45) is 0. The molecule has 0 spiro atoms.